The number of rotatable bonds is 7. The van der Waals surface area contributed by atoms with E-state index in [0.29, 0.717) is 18.2 Å². The second-order valence-corrected chi connectivity index (χ2v) is 8.29. The van der Waals surface area contributed by atoms with Crippen LogP contribution in [-0.4, -0.2) is 54.1 Å². The van der Waals surface area contributed by atoms with Crippen molar-refractivity contribution in [3.8, 4) is 0 Å². The van der Waals surface area contributed by atoms with E-state index in [9.17, 15) is 8.42 Å². The van der Waals surface area contributed by atoms with Gasteiger partial charge < -0.3 is 10.6 Å². The molecular weight excluding hydrogens is 340 g/mol. The van der Waals surface area contributed by atoms with Crippen LogP contribution in [0.3, 0.4) is 0 Å². The molecule has 2 aromatic rings. The van der Waals surface area contributed by atoms with Crippen molar-refractivity contribution >= 4 is 15.8 Å². The Morgan fingerprint density at radius 3 is 3.00 bits per heavy atom. The van der Waals surface area contributed by atoms with Crippen LogP contribution in [-0.2, 0) is 16.4 Å². The average Bonchev–Trinajstić information content (AvgIpc) is 3.12. The molecule has 0 amide bonds. The molecule has 1 aliphatic rings. The molecule has 9 heteroatoms. The first-order valence-electron chi connectivity index (χ1n) is 8.53. The molecule has 8 nitrogen and oxygen atoms in total. The Morgan fingerprint density at radius 2 is 2.32 bits per heavy atom. The van der Waals surface area contributed by atoms with Crippen LogP contribution in [0.5, 0.6) is 0 Å². The van der Waals surface area contributed by atoms with Crippen LogP contribution in [0.1, 0.15) is 30.9 Å². The minimum Gasteiger partial charge on any atom is -0.354 e. The second kappa shape index (κ2) is 7.92. The Balaban J connectivity index is 1.69. The van der Waals surface area contributed by atoms with Crippen LogP contribution in [0.4, 0.5) is 5.95 Å². The van der Waals surface area contributed by atoms with E-state index in [4.69, 9.17) is 0 Å². The first-order chi connectivity index (χ1) is 12.0. The number of piperidine rings is 1. The zero-order valence-corrected chi connectivity index (χ0v) is 15.2. The van der Waals surface area contributed by atoms with Crippen molar-refractivity contribution in [2.75, 3.05) is 31.2 Å². The molecule has 136 valence electrons. The monoisotopic (exact) mass is 364 g/mol. The molecule has 2 aromatic heterocycles. The van der Waals surface area contributed by atoms with E-state index in [1.807, 2.05) is 16.9 Å². The highest BCUT2D eigenvalue weighted by atomic mass is 32.2. The van der Waals surface area contributed by atoms with Crippen LogP contribution in [0.25, 0.3) is 0 Å². The van der Waals surface area contributed by atoms with Crippen LogP contribution < -0.4 is 10.6 Å². The number of hydrogen-bond acceptors (Lipinski definition) is 7. The van der Waals surface area contributed by atoms with Gasteiger partial charge in [-0.05, 0) is 31.9 Å². The molecule has 3 heterocycles. The highest BCUT2D eigenvalue weighted by Crippen LogP contribution is 2.27. The second-order valence-electron chi connectivity index (χ2n) is 6.31. The van der Waals surface area contributed by atoms with E-state index in [2.05, 4.69) is 25.7 Å². The Labute approximate surface area is 148 Å². The Kier molecular flexibility index (Phi) is 5.64. The van der Waals surface area contributed by atoms with Gasteiger partial charge in [0.25, 0.3) is 0 Å². The number of nitrogens with one attached hydrogen (secondary N) is 2. The van der Waals surface area contributed by atoms with Gasteiger partial charge in [-0.2, -0.15) is 5.10 Å². The van der Waals surface area contributed by atoms with E-state index < -0.39 is 9.84 Å². The van der Waals surface area contributed by atoms with Gasteiger partial charge in [-0.1, -0.05) is 0 Å². The highest BCUT2D eigenvalue weighted by molar-refractivity contribution is 7.90. The maximum Gasteiger partial charge on any atom is 0.222 e. The minimum absolute atomic E-state index is 0.103. The summed E-state index contributed by atoms with van der Waals surface area (Å²) in [4.78, 5) is 8.96. The SMILES string of the molecule is CS(=O)(=O)c1cnc(NCCCn2cccn2)nc1C1CCCNC1. The van der Waals surface area contributed by atoms with E-state index in [0.717, 1.165) is 38.9 Å². The Bertz CT molecular complexity index is 785. The molecule has 1 unspecified atom stereocenters. The van der Waals surface area contributed by atoms with Crippen molar-refractivity contribution in [2.24, 2.45) is 0 Å². The lowest BCUT2D eigenvalue weighted by atomic mass is 9.96. The van der Waals surface area contributed by atoms with Gasteiger partial charge in [0.15, 0.2) is 9.84 Å². The predicted molar refractivity (Wildman–Crippen MR) is 95.3 cm³/mol. The summed E-state index contributed by atoms with van der Waals surface area (Å²) in [5.41, 5.74) is 0.624. The number of nitrogens with zero attached hydrogens (tertiary/aromatic N) is 4. The smallest absolute Gasteiger partial charge is 0.222 e. The number of sulfone groups is 1. The largest absolute Gasteiger partial charge is 0.354 e. The van der Waals surface area contributed by atoms with Crippen molar-refractivity contribution in [3.63, 3.8) is 0 Å². The maximum absolute atomic E-state index is 12.1. The van der Waals surface area contributed by atoms with Crippen molar-refractivity contribution in [2.45, 2.75) is 36.6 Å². The maximum atomic E-state index is 12.1. The molecule has 0 radical (unpaired) electrons. The molecule has 1 fully saturated rings. The van der Waals surface area contributed by atoms with Gasteiger partial charge in [0.05, 0.1) is 11.9 Å². The van der Waals surface area contributed by atoms with E-state index >= 15 is 0 Å². The molecule has 3 rings (SSSR count). The third-order valence-corrected chi connectivity index (χ3v) is 5.39. The number of aromatic nitrogens is 4. The molecule has 0 aliphatic carbocycles. The Morgan fingerprint density at radius 1 is 1.44 bits per heavy atom. The van der Waals surface area contributed by atoms with Gasteiger partial charge in [-0.25, -0.2) is 18.4 Å². The number of anilines is 1. The summed E-state index contributed by atoms with van der Waals surface area (Å²) in [7, 11) is -3.35. The fraction of sp³-hybridized carbons (Fsp3) is 0.562. The van der Waals surface area contributed by atoms with Crippen molar-refractivity contribution < 1.29 is 8.42 Å². The lowest BCUT2D eigenvalue weighted by molar-refractivity contribution is 0.448. The summed E-state index contributed by atoms with van der Waals surface area (Å²) in [6.45, 7) is 3.22. The lowest BCUT2D eigenvalue weighted by Crippen LogP contribution is -2.30. The molecule has 0 aromatic carbocycles. The summed E-state index contributed by atoms with van der Waals surface area (Å²) in [5.74, 6) is 0.583. The molecule has 0 saturated carbocycles. The molecule has 2 N–H and O–H groups in total. The topological polar surface area (TPSA) is 102 Å². The van der Waals surface area contributed by atoms with Gasteiger partial charge in [0.2, 0.25) is 5.95 Å². The first-order valence-corrected chi connectivity index (χ1v) is 10.4. The number of hydrogen-bond donors (Lipinski definition) is 2. The van der Waals surface area contributed by atoms with Crippen LogP contribution in [0.2, 0.25) is 0 Å². The normalized spacial score (nSPS) is 18.2. The van der Waals surface area contributed by atoms with Gasteiger partial charge in [0, 0.05) is 44.2 Å². The van der Waals surface area contributed by atoms with Crippen LogP contribution in [0.15, 0.2) is 29.6 Å². The Hall–Kier alpha value is -2.00. The third kappa shape index (κ3) is 4.76. The molecule has 1 saturated heterocycles. The zero-order chi connectivity index (χ0) is 17.7. The van der Waals surface area contributed by atoms with E-state index in [-0.39, 0.29) is 10.8 Å². The predicted octanol–water partition coefficient (Wildman–Crippen LogP) is 1.05. The zero-order valence-electron chi connectivity index (χ0n) is 14.4. The molecular formula is C16H24N6O2S. The fourth-order valence-electron chi connectivity index (χ4n) is 3.01. The van der Waals surface area contributed by atoms with E-state index in [1.165, 1.54) is 12.5 Å². The standard InChI is InChI=1S/C16H24N6O2S/c1-25(23,24)14-12-19-16(18-7-3-9-22-10-4-8-20-22)21-15(14)13-5-2-6-17-11-13/h4,8,10,12-13,17H,2-3,5-7,9,11H2,1H3,(H,18,19,21). The lowest BCUT2D eigenvalue weighted by Gasteiger charge is -2.24. The summed E-state index contributed by atoms with van der Waals surface area (Å²) in [5, 5.41) is 10.7. The van der Waals surface area contributed by atoms with Crippen molar-refractivity contribution in [1.29, 1.82) is 0 Å². The van der Waals surface area contributed by atoms with Crippen LogP contribution >= 0.6 is 0 Å². The molecule has 1 aliphatic heterocycles. The quantitative estimate of drug-likeness (QED) is 0.708. The summed E-state index contributed by atoms with van der Waals surface area (Å²) in [6.07, 6.45) is 9.15. The fourth-order valence-corrected chi connectivity index (χ4v) is 3.84. The van der Waals surface area contributed by atoms with E-state index in [1.54, 1.807) is 6.20 Å². The first kappa shape index (κ1) is 17.8. The van der Waals surface area contributed by atoms with Gasteiger partial charge in [-0.3, -0.25) is 4.68 Å². The molecule has 25 heavy (non-hydrogen) atoms. The average molecular weight is 364 g/mol. The number of aryl methyl sites for hydroxylation is 1. The van der Waals surface area contributed by atoms with Gasteiger partial charge >= 0.3 is 0 Å². The summed E-state index contributed by atoms with van der Waals surface area (Å²) < 4.78 is 26.0. The van der Waals surface area contributed by atoms with Gasteiger partial charge in [-0.15, -0.1) is 0 Å². The molecule has 0 spiro atoms. The third-order valence-electron chi connectivity index (χ3n) is 4.27. The highest BCUT2D eigenvalue weighted by Gasteiger charge is 2.25. The van der Waals surface area contributed by atoms with Crippen molar-refractivity contribution in [3.05, 3.63) is 30.4 Å². The summed E-state index contributed by atoms with van der Waals surface area (Å²) in [6, 6.07) is 1.89. The van der Waals surface area contributed by atoms with Gasteiger partial charge in [0.1, 0.15) is 4.90 Å². The summed E-state index contributed by atoms with van der Waals surface area (Å²) >= 11 is 0. The minimum atomic E-state index is -3.35. The molecule has 1 atom stereocenters. The van der Waals surface area contributed by atoms with Crippen LogP contribution in [0, 0.1) is 0 Å². The molecule has 0 bridgehead atoms. The van der Waals surface area contributed by atoms with Crippen molar-refractivity contribution in [1.82, 2.24) is 25.1 Å².